The van der Waals surface area contributed by atoms with E-state index in [9.17, 15) is 14.7 Å². The summed E-state index contributed by atoms with van der Waals surface area (Å²) in [5.41, 5.74) is 1.38. The van der Waals surface area contributed by atoms with E-state index in [4.69, 9.17) is 0 Å². The first-order valence-corrected chi connectivity index (χ1v) is 5.21. The summed E-state index contributed by atoms with van der Waals surface area (Å²) < 4.78 is 4.49. The summed E-state index contributed by atoms with van der Waals surface area (Å²) in [5, 5.41) is 11.6. The molecule has 1 aromatic carbocycles. The van der Waals surface area contributed by atoms with Crippen LogP contribution in [0.2, 0.25) is 0 Å². The molecule has 1 aromatic rings. The summed E-state index contributed by atoms with van der Waals surface area (Å²) in [5.74, 6) is -2.44. The van der Waals surface area contributed by atoms with Crippen LogP contribution in [-0.4, -0.2) is 18.4 Å². The number of benzene rings is 1. The highest BCUT2D eigenvalue weighted by molar-refractivity contribution is 6.39. The van der Waals surface area contributed by atoms with E-state index < -0.39 is 17.5 Å². The van der Waals surface area contributed by atoms with Gasteiger partial charge in [-0.2, -0.15) is 0 Å². The molecule has 0 saturated heterocycles. The fourth-order valence-corrected chi connectivity index (χ4v) is 1.18. The van der Waals surface area contributed by atoms with Crippen molar-refractivity contribution in [2.24, 2.45) is 0 Å². The highest BCUT2D eigenvalue weighted by atomic mass is 16.5. The second kappa shape index (κ2) is 5.84. The first-order chi connectivity index (χ1) is 8.04. The minimum Gasteiger partial charge on any atom is -0.872 e. The lowest BCUT2D eigenvalue weighted by Crippen LogP contribution is -2.17. The molecule has 0 fully saturated rings. The van der Waals surface area contributed by atoms with Crippen LogP contribution in [0.25, 0.3) is 5.76 Å². The second-order valence-corrected chi connectivity index (χ2v) is 3.46. The van der Waals surface area contributed by atoms with Gasteiger partial charge in [0.25, 0.3) is 5.78 Å². The van der Waals surface area contributed by atoms with Crippen molar-refractivity contribution in [1.29, 1.82) is 0 Å². The molecular formula is C13H13O4-. The molecule has 0 aliphatic heterocycles. The van der Waals surface area contributed by atoms with Crippen LogP contribution in [-0.2, 0) is 14.3 Å². The number of esters is 1. The molecule has 0 spiro atoms. The molecule has 0 unspecified atom stereocenters. The molecule has 0 atom stereocenters. The molecule has 0 radical (unpaired) electrons. The standard InChI is InChI=1S/C13H14O4/c1-3-17-13(16)12(15)8-11(14)10-6-4-9(2)5-7-10/h4-8,14H,3H2,1-2H3/p-1. The zero-order valence-corrected chi connectivity index (χ0v) is 9.73. The van der Waals surface area contributed by atoms with Gasteiger partial charge in [-0.25, -0.2) is 4.79 Å². The van der Waals surface area contributed by atoms with Crippen LogP contribution >= 0.6 is 0 Å². The van der Waals surface area contributed by atoms with E-state index in [0.29, 0.717) is 5.56 Å². The molecule has 1 rings (SSSR count). The quantitative estimate of drug-likeness (QED) is 0.334. The molecule has 0 N–H and O–H groups in total. The molecule has 4 nitrogen and oxygen atoms in total. The minimum absolute atomic E-state index is 0.108. The molecule has 0 heterocycles. The van der Waals surface area contributed by atoms with Crippen molar-refractivity contribution in [3.8, 4) is 0 Å². The maximum atomic E-state index is 11.6. The average Bonchev–Trinajstić information content (AvgIpc) is 2.30. The summed E-state index contributed by atoms with van der Waals surface area (Å²) in [7, 11) is 0. The van der Waals surface area contributed by atoms with E-state index in [0.717, 1.165) is 11.6 Å². The van der Waals surface area contributed by atoms with Crippen molar-refractivity contribution in [3.63, 3.8) is 0 Å². The van der Waals surface area contributed by atoms with Crippen molar-refractivity contribution in [3.05, 3.63) is 41.5 Å². The van der Waals surface area contributed by atoms with Crippen molar-refractivity contribution in [2.75, 3.05) is 6.61 Å². The smallest absolute Gasteiger partial charge is 0.378 e. The average molecular weight is 233 g/mol. The summed E-state index contributed by atoms with van der Waals surface area (Å²) in [4.78, 5) is 22.2. The molecule has 17 heavy (non-hydrogen) atoms. The number of rotatable bonds is 4. The largest absolute Gasteiger partial charge is 0.872 e. The molecule has 0 amide bonds. The van der Waals surface area contributed by atoms with Gasteiger partial charge in [0.2, 0.25) is 0 Å². The molecule has 90 valence electrons. The molecule has 0 bridgehead atoms. The van der Waals surface area contributed by atoms with Gasteiger partial charge in [-0.15, -0.1) is 0 Å². The van der Waals surface area contributed by atoms with Crippen molar-refractivity contribution >= 4 is 17.5 Å². The van der Waals surface area contributed by atoms with E-state index in [1.54, 1.807) is 31.2 Å². The van der Waals surface area contributed by atoms with E-state index >= 15 is 0 Å². The van der Waals surface area contributed by atoms with Gasteiger partial charge in [-0.05, 0) is 25.5 Å². The van der Waals surface area contributed by atoms with Crippen molar-refractivity contribution < 1.29 is 19.4 Å². The predicted molar refractivity (Wildman–Crippen MR) is 60.8 cm³/mol. The lowest BCUT2D eigenvalue weighted by molar-refractivity contribution is -0.243. The first-order valence-electron chi connectivity index (χ1n) is 5.21. The minimum atomic E-state index is -1.01. The Labute approximate surface area is 99.5 Å². The topological polar surface area (TPSA) is 66.4 Å². The van der Waals surface area contributed by atoms with E-state index in [1.807, 2.05) is 6.92 Å². The molecule has 4 heteroatoms. The SMILES string of the molecule is CCOC(=O)C(=O)C=C([O-])c1ccc(C)cc1. The van der Waals surface area contributed by atoms with Gasteiger partial charge in [-0.1, -0.05) is 35.6 Å². The van der Waals surface area contributed by atoms with Crippen LogP contribution in [0.1, 0.15) is 18.1 Å². The fraction of sp³-hybridized carbons (Fsp3) is 0.231. The Morgan fingerprint density at radius 3 is 2.41 bits per heavy atom. The monoisotopic (exact) mass is 233 g/mol. The maximum Gasteiger partial charge on any atom is 0.378 e. The Morgan fingerprint density at radius 1 is 1.29 bits per heavy atom. The Hall–Kier alpha value is -2.10. The van der Waals surface area contributed by atoms with Crippen LogP contribution in [0.5, 0.6) is 0 Å². The highest BCUT2D eigenvalue weighted by Gasteiger charge is 2.10. The number of carbonyl (C=O) groups excluding carboxylic acids is 2. The maximum absolute atomic E-state index is 11.6. The Morgan fingerprint density at radius 2 is 1.88 bits per heavy atom. The third-order valence-corrected chi connectivity index (χ3v) is 2.07. The Kier molecular flexibility index (Phi) is 4.46. The van der Waals surface area contributed by atoms with Gasteiger partial charge in [0.05, 0.1) is 6.61 Å². The van der Waals surface area contributed by atoms with Gasteiger partial charge in [-0.3, -0.25) is 4.79 Å². The molecule has 0 aliphatic carbocycles. The second-order valence-electron chi connectivity index (χ2n) is 3.46. The fourth-order valence-electron chi connectivity index (χ4n) is 1.18. The summed E-state index contributed by atoms with van der Waals surface area (Å²) >= 11 is 0. The highest BCUT2D eigenvalue weighted by Crippen LogP contribution is 2.09. The molecule has 0 saturated carbocycles. The summed E-state index contributed by atoms with van der Waals surface area (Å²) in [6, 6.07) is 6.73. The zero-order chi connectivity index (χ0) is 12.8. The van der Waals surface area contributed by atoms with E-state index in [1.165, 1.54) is 0 Å². The van der Waals surface area contributed by atoms with Crippen molar-refractivity contribution in [1.82, 2.24) is 0 Å². The summed E-state index contributed by atoms with van der Waals surface area (Å²) in [6.07, 6.45) is 0.753. The lowest BCUT2D eigenvalue weighted by atomic mass is 10.1. The third-order valence-electron chi connectivity index (χ3n) is 2.07. The van der Waals surface area contributed by atoms with Gasteiger partial charge in [0, 0.05) is 0 Å². The predicted octanol–water partition coefficient (Wildman–Crippen LogP) is 0.828. The number of carbonyl (C=O) groups is 2. The molecule has 0 aromatic heterocycles. The zero-order valence-electron chi connectivity index (χ0n) is 9.73. The van der Waals surface area contributed by atoms with Gasteiger partial charge in [0.1, 0.15) is 0 Å². The van der Waals surface area contributed by atoms with E-state index in [2.05, 4.69) is 4.74 Å². The Balaban J connectivity index is 2.82. The molecule has 0 aliphatic rings. The van der Waals surface area contributed by atoms with Crippen LogP contribution in [0, 0.1) is 6.92 Å². The van der Waals surface area contributed by atoms with Crippen LogP contribution in [0.4, 0.5) is 0 Å². The van der Waals surface area contributed by atoms with Crippen LogP contribution < -0.4 is 5.11 Å². The normalized spacial score (nSPS) is 11.1. The Bertz CT molecular complexity index is 443. The summed E-state index contributed by atoms with van der Waals surface area (Å²) in [6.45, 7) is 3.59. The van der Waals surface area contributed by atoms with Crippen molar-refractivity contribution in [2.45, 2.75) is 13.8 Å². The van der Waals surface area contributed by atoms with Gasteiger partial charge >= 0.3 is 5.97 Å². The third kappa shape index (κ3) is 3.75. The lowest BCUT2D eigenvalue weighted by Gasteiger charge is -2.11. The van der Waals surface area contributed by atoms with E-state index in [-0.39, 0.29) is 6.61 Å². The van der Waals surface area contributed by atoms with Gasteiger partial charge < -0.3 is 9.84 Å². The number of aryl methyl sites for hydroxylation is 1. The first kappa shape index (κ1) is 13.0. The molecular weight excluding hydrogens is 220 g/mol. The number of hydrogen-bond acceptors (Lipinski definition) is 4. The number of ether oxygens (including phenoxy) is 1. The number of hydrogen-bond donors (Lipinski definition) is 0. The van der Waals surface area contributed by atoms with Crippen LogP contribution in [0.3, 0.4) is 0 Å². The van der Waals surface area contributed by atoms with Crippen LogP contribution in [0.15, 0.2) is 30.3 Å². The number of ketones is 1. The van der Waals surface area contributed by atoms with Gasteiger partial charge in [0.15, 0.2) is 0 Å².